The second kappa shape index (κ2) is 5.49. The molecule has 102 valence electrons. The van der Waals surface area contributed by atoms with E-state index in [0.29, 0.717) is 6.04 Å². The maximum absolute atomic E-state index is 4.60. The molecular formula is C14H19BrN4. The molecule has 0 radical (unpaired) electrons. The van der Waals surface area contributed by atoms with Crippen LogP contribution in [0.25, 0.3) is 11.0 Å². The minimum atomic E-state index is 0.623. The van der Waals surface area contributed by atoms with Gasteiger partial charge in [0.15, 0.2) is 5.82 Å². The van der Waals surface area contributed by atoms with Crippen molar-refractivity contribution in [1.29, 1.82) is 0 Å². The molecule has 1 fully saturated rings. The van der Waals surface area contributed by atoms with Crippen molar-refractivity contribution >= 4 is 32.8 Å². The molecule has 0 aliphatic carbocycles. The SMILES string of the molecule is Cn1cnc2c(N3CCCC3CCCBr)nccc21. The zero-order valence-corrected chi connectivity index (χ0v) is 12.8. The van der Waals surface area contributed by atoms with Gasteiger partial charge < -0.3 is 9.47 Å². The highest BCUT2D eigenvalue weighted by Gasteiger charge is 2.27. The zero-order valence-electron chi connectivity index (χ0n) is 11.2. The summed E-state index contributed by atoms with van der Waals surface area (Å²) in [4.78, 5) is 11.6. The summed E-state index contributed by atoms with van der Waals surface area (Å²) in [7, 11) is 2.03. The topological polar surface area (TPSA) is 34.0 Å². The van der Waals surface area contributed by atoms with Gasteiger partial charge in [-0.05, 0) is 31.7 Å². The summed E-state index contributed by atoms with van der Waals surface area (Å²) in [6, 6.07) is 2.66. The highest BCUT2D eigenvalue weighted by Crippen LogP contribution is 2.31. The molecule has 0 aromatic carbocycles. The number of nitrogens with zero attached hydrogens (tertiary/aromatic N) is 4. The van der Waals surface area contributed by atoms with Crippen LogP contribution in [0.4, 0.5) is 5.82 Å². The van der Waals surface area contributed by atoms with Crippen molar-refractivity contribution in [1.82, 2.24) is 14.5 Å². The number of aryl methyl sites for hydroxylation is 1. The number of hydrogen-bond donors (Lipinski definition) is 0. The summed E-state index contributed by atoms with van der Waals surface area (Å²) < 4.78 is 2.06. The van der Waals surface area contributed by atoms with E-state index in [1.54, 1.807) is 0 Å². The van der Waals surface area contributed by atoms with Crippen LogP contribution in [-0.2, 0) is 7.05 Å². The Morgan fingerprint density at radius 1 is 1.42 bits per heavy atom. The number of alkyl halides is 1. The highest BCUT2D eigenvalue weighted by atomic mass is 79.9. The van der Waals surface area contributed by atoms with E-state index in [1.165, 1.54) is 25.7 Å². The van der Waals surface area contributed by atoms with Gasteiger partial charge in [0.05, 0.1) is 11.8 Å². The molecule has 0 bridgehead atoms. The molecule has 1 atom stereocenters. The molecule has 19 heavy (non-hydrogen) atoms. The van der Waals surface area contributed by atoms with Gasteiger partial charge in [-0.2, -0.15) is 0 Å². The Morgan fingerprint density at radius 2 is 2.32 bits per heavy atom. The molecule has 4 nitrogen and oxygen atoms in total. The molecule has 1 aliphatic rings. The smallest absolute Gasteiger partial charge is 0.156 e. The summed E-state index contributed by atoms with van der Waals surface area (Å²) in [6.45, 7) is 1.11. The Hall–Kier alpha value is -1.10. The number of pyridine rings is 1. The first-order chi connectivity index (χ1) is 9.31. The molecule has 1 aliphatic heterocycles. The first-order valence-electron chi connectivity index (χ1n) is 6.90. The van der Waals surface area contributed by atoms with Crippen LogP contribution >= 0.6 is 15.9 Å². The van der Waals surface area contributed by atoms with E-state index < -0.39 is 0 Å². The second-order valence-corrected chi connectivity index (χ2v) is 5.97. The van der Waals surface area contributed by atoms with E-state index in [0.717, 1.165) is 28.7 Å². The van der Waals surface area contributed by atoms with Gasteiger partial charge in [0.1, 0.15) is 5.52 Å². The molecule has 2 aromatic heterocycles. The zero-order chi connectivity index (χ0) is 13.2. The molecule has 2 aromatic rings. The fourth-order valence-corrected chi connectivity index (χ4v) is 3.31. The maximum Gasteiger partial charge on any atom is 0.156 e. The van der Waals surface area contributed by atoms with E-state index in [-0.39, 0.29) is 0 Å². The highest BCUT2D eigenvalue weighted by molar-refractivity contribution is 9.09. The maximum atomic E-state index is 4.60. The lowest BCUT2D eigenvalue weighted by Gasteiger charge is -2.25. The third-order valence-corrected chi connectivity index (χ3v) is 4.50. The first-order valence-corrected chi connectivity index (χ1v) is 8.02. The average Bonchev–Trinajstić information content (AvgIpc) is 3.03. The molecular weight excluding hydrogens is 304 g/mol. The van der Waals surface area contributed by atoms with Crippen molar-refractivity contribution in [3.8, 4) is 0 Å². The lowest BCUT2D eigenvalue weighted by molar-refractivity contribution is 0.601. The van der Waals surface area contributed by atoms with Gasteiger partial charge >= 0.3 is 0 Å². The van der Waals surface area contributed by atoms with Crippen molar-refractivity contribution in [2.75, 3.05) is 16.8 Å². The number of anilines is 1. The van der Waals surface area contributed by atoms with Crippen LogP contribution in [0.15, 0.2) is 18.6 Å². The fraction of sp³-hybridized carbons (Fsp3) is 0.571. The molecule has 0 amide bonds. The van der Waals surface area contributed by atoms with E-state index in [9.17, 15) is 0 Å². The lowest BCUT2D eigenvalue weighted by Crippen LogP contribution is -2.30. The Morgan fingerprint density at radius 3 is 3.16 bits per heavy atom. The van der Waals surface area contributed by atoms with E-state index in [4.69, 9.17) is 0 Å². The van der Waals surface area contributed by atoms with Gasteiger partial charge in [0.25, 0.3) is 0 Å². The van der Waals surface area contributed by atoms with Gasteiger partial charge in [-0.1, -0.05) is 15.9 Å². The van der Waals surface area contributed by atoms with Crippen LogP contribution in [0.2, 0.25) is 0 Å². The van der Waals surface area contributed by atoms with Gasteiger partial charge in [-0.15, -0.1) is 0 Å². The second-order valence-electron chi connectivity index (χ2n) is 5.18. The normalized spacial score (nSPS) is 19.5. The van der Waals surface area contributed by atoms with Crippen LogP contribution in [0.1, 0.15) is 25.7 Å². The average molecular weight is 323 g/mol. The van der Waals surface area contributed by atoms with E-state index in [1.807, 2.05) is 25.6 Å². The Balaban J connectivity index is 1.94. The van der Waals surface area contributed by atoms with Crippen LogP contribution in [0, 0.1) is 0 Å². The number of halogens is 1. The minimum absolute atomic E-state index is 0.623. The third kappa shape index (κ3) is 2.36. The molecule has 1 unspecified atom stereocenters. The monoisotopic (exact) mass is 322 g/mol. The van der Waals surface area contributed by atoms with E-state index >= 15 is 0 Å². The third-order valence-electron chi connectivity index (χ3n) is 3.94. The van der Waals surface area contributed by atoms with Crippen molar-refractivity contribution in [2.45, 2.75) is 31.7 Å². The van der Waals surface area contributed by atoms with E-state index in [2.05, 4.69) is 35.4 Å². The fourth-order valence-electron chi connectivity index (χ4n) is 2.99. The van der Waals surface area contributed by atoms with Crippen molar-refractivity contribution in [3.63, 3.8) is 0 Å². The minimum Gasteiger partial charge on any atom is -0.352 e. The Bertz CT molecular complexity index is 566. The van der Waals surface area contributed by atoms with Crippen LogP contribution < -0.4 is 4.90 Å². The molecule has 3 rings (SSSR count). The lowest BCUT2D eigenvalue weighted by atomic mass is 10.1. The largest absolute Gasteiger partial charge is 0.352 e. The summed E-state index contributed by atoms with van der Waals surface area (Å²) in [5.74, 6) is 1.06. The quantitative estimate of drug-likeness (QED) is 0.811. The van der Waals surface area contributed by atoms with Crippen molar-refractivity contribution in [2.24, 2.45) is 7.05 Å². The summed E-state index contributed by atoms with van der Waals surface area (Å²) in [5, 5.41) is 1.08. The standard InChI is InChI=1S/C14H19BrN4/c1-18-10-17-13-12(18)6-8-16-14(13)19-9-3-5-11(19)4-2-7-15/h6,8,10-11H,2-5,7,9H2,1H3. The summed E-state index contributed by atoms with van der Waals surface area (Å²) in [5.41, 5.74) is 2.20. The van der Waals surface area contributed by atoms with Gasteiger partial charge in [-0.25, -0.2) is 9.97 Å². The molecule has 0 N–H and O–H groups in total. The number of rotatable bonds is 4. The molecule has 1 saturated heterocycles. The first kappa shape index (κ1) is 12.9. The van der Waals surface area contributed by atoms with Crippen molar-refractivity contribution in [3.05, 3.63) is 18.6 Å². The van der Waals surface area contributed by atoms with Gasteiger partial charge in [0.2, 0.25) is 0 Å². The summed E-state index contributed by atoms with van der Waals surface area (Å²) in [6.07, 6.45) is 8.77. The Kier molecular flexibility index (Phi) is 3.73. The summed E-state index contributed by atoms with van der Waals surface area (Å²) >= 11 is 3.53. The number of imidazole rings is 1. The number of fused-ring (bicyclic) bond motifs is 1. The Labute approximate surface area is 122 Å². The van der Waals surface area contributed by atoms with Crippen LogP contribution in [0.3, 0.4) is 0 Å². The molecule has 5 heteroatoms. The molecule has 0 saturated carbocycles. The van der Waals surface area contributed by atoms with Crippen LogP contribution in [-0.4, -0.2) is 32.5 Å². The van der Waals surface area contributed by atoms with Gasteiger partial charge in [-0.3, -0.25) is 0 Å². The molecule has 0 spiro atoms. The predicted molar refractivity (Wildman–Crippen MR) is 81.9 cm³/mol. The molecule has 3 heterocycles. The predicted octanol–water partition coefficient (Wildman–Crippen LogP) is 3.11. The van der Waals surface area contributed by atoms with Crippen molar-refractivity contribution < 1.29 is 0 Å². The number of hydrogen-bond acceptors (Lipinski definition) is 3. The van der Waals surface area contributed by atoms with Gasteiger partial charge in [0, 0.05) is 31.2 Å². The number of aromatic nitrogens is 3. The van der Waals surface area contributed by atoms with Crippen LogP contribution in [0.5, 0.6) is 0 Å².